The lowest BCUT2D eigenvalue weighted by Gasteiger charge is -2.22. The Labute approximate surface area is 97.4 Å². The van der Waals surface area contributed by atoms with Gasteiger partial charge in [0.25, 0.3) is 0 Å². The minimum Gasteiger partial charge on any atom is -0.380 e. The van der Waals surface area contributed by atoms with Crippen molar-refractivity contribution in [2.75, 3.05) is 38.2 Å². The Hall–Kier alpha value is -1.06. The monoisotopic (exact) mass is 220 g/mol. The molecule has 0 spiro atoms. The number of nitrogens with one attached hydrogen (secondary N) is 1. The molecule has 0 aromatic heterocycles. The molecule has 88 valence electrons. The molecule has 1 fully saturated rings. The Morgan fingerprint density at radius 2 is 2.25 bits per heavy atom. The second kappa shape index (κ2) is 5.87. The van der Waals surface area contributed by atoms with E-state index >= 15 is 0 Å². The molecule has 0 atom stereocenters. The highest BCUT2D eigenvalue weighted by molar-refractivity contribution is 5.48. The smallest absolute Gasteiger partial charge is 0.0713 e. The van der Waals surface area contributed by atoms with Crippen LogP contribution in [0, 0.1) is 0 Å². The molecule has 0 aliphatic carbocycles. The minimum absolute atomic E-state index is 0.694. The standard InChI is InChI=1S/C13H20N2O/c1-16-11-12-4-2-5-13(10-12)15-8-3-6-14-7-9-15/h2,4-5,10,14H,3,6-9,11H2,1H3. The highest BCUT2D eigenvalue weighted by atomic mass is 16.5. The summed E-state index contributed by atoms with van der Waals surface area (Å²) in [4.78, 5) is 2.44. The lowest BCUT2D eigenvalue weighted by molar-refractivity contribution is 0.185. The highest BCUT2D eigenvalue weighted by Crippen LogP contribution is 2.17. The molecule has 0 unspecified atom stereocenters. The Morgan fingerprint density at radius 1 is 1.31 bits per heavy atom. The van der Waals surface area contributed by atoms with E-state index in [1.54, 1.807) is 7.11 Å². The highest BCUT2D eigenvalue weighted by Gasteiger charge is 2.09. The fraction of sp³-hybridized carbons (Fsp3) is 0.538. The van der Waals surface area contributed by atoms with Crippen LogP contribution >= 0.6 is 0 Å². The van der Waals surface area contributed by atoms with E-state index in [0.29, 0.717) is 6.61 Å². The van der Waals surface area contributed by atoms with Gasteiger partial charge in [0.05, 0.1) is 6.61 Å². The molecule has 0 radical (unpaired) electrons. The summed E-state index contributed by atoms with van der Waals surface area (Å²) >= 11 is 0. The molecule has 1 aliphatic heterocycles. The molecular formula is C13H20N2O. The lowest BCUT2D eigenvalue weighted by Crippen LogP contribution is -2.27. The first-order valence-electron chi connectivity index (χ1n) is 5.94. The number of nitrogens with zero attached hydrogens (tertiary/aromatic N) is 1. The van der Waals surface area contributed by atoms with Crippen LogP contribution in [0.3, 0.4) is 0 Å². The van der Waals surface area contributed by atoms with Crippen LogP contribution in [0.15, 0.2) is 24.3 Å². The Kier molecular flexibility index (Phi) is 4.19. The van der Waals surface area contributed by atoms with Crippen LogP contribution in [0.4, 0.5) is 5.69 Å². The fourth-order valence-corrected chi connectivity index (χ4v) is 2.11. The van der Waals surface area contributed by atoms with E-state index in [-0.39, 0.29) is 0 Å². The van der Waals surface area contributed by atoms with E-state index in [2.05, 4.69) is 34.5 Å². The number of ether oxygens (including phenoxy) is 1. The Bertz CT molecular complexity index is 319. The maximum Gasteiger partial charge on any atom is 0.0713 e. The van der Waals surface area contributed by atoms with Crippen molar-refractivity contribution >= 4 is 5.69 Å². The largest absolute Gasteiger partial charge is 0.380 e. The zero-order valence-corrected chi connectivity index (χ0v) is 9.91. The molecule has 16 heavy (non-hydrogen) atoms. The third kappa shape index (κ3) is 2.97. The van der Waals surface area contributed by atoms with Crippen molar-refractivity contribution in [2.24, 2.45) is 0 Å². The van der Waals surface area contributed by atoms with E-state index < -0.39 is 0 Å². The molecule has 1 heterocycles. The summed E-state index contributed by atoms with van der Waals surface area (Å²) in [7, 11) is 1.74. The van der Waals surface area contributed by atoms with Crippen molar-refractivity contribution in [3.05, 3.63) is 29.8 Å². The zero-order valence-electron chi connectivity index (χ0n) is 9.91. The third-order valence-electron chi connectivity index (χ3n) is 2.93. The van der Waals surface area contributed by atoms with Gasteiger partial charge in [0.15, 0.2) is 0 Å². The summed E-state index contributed by atoms with van der Waals surface area (Å²) < 4.78 is 5.16. The first-order chi connectivity index (χ1) is 7.90. The minimum atomic E-state index is 0.694. The molecule has 2 rings (SSSR count). The predicted molar refractivity (Wildman–Crippen MR) is 66.9 cm³/mol. The van der Waals surface area contributed by atoms with Crippen LogP contribution in [0.5, 0.6) is 0 Å². The average molecular weight is 220 g/mol. The van der Waals surface area contributed by atoms with Crippen LogP contribution in [0.25, 0.3) is 0 Å². The number of anilines is 1. The first-order valence-corrected chi connectivity index (χ1v) is 5.94. The molecular weight excluding hydrogens is 200 g/mol. The quantitative estimate of drug-likeness (QED) is 0.838. The van der Waals surface area contributed by atoms with E-state index in [1.165, 1.54) is 17.7 Å². The van der Waals surface area contributed by atoms with E-state index in [1.807, 2.05) is 0 Å². The number of rotatable bonds is 3. The molecule has 1 aromatic rings. The van der Waals surface area contributed by atoms with E-state index in [0.717, 1.165) is 26.2 Å². The maximum atomic E-state index is 5.16. The van der Waals surface area contributed by atoms with Crippen molar-refractivity contribution in [3.63, 3.8) is 0 Å². The summed E-state index contributed by atoms with van der Waals surface area (Å²) in [6.07, 6.45) is 1.22. The van der Waals surface area contributed by atoms with Crippen LogP contribution in [-0.4, -0.2) is 33.3 Å². The van der Waals surface area contributed by atoms with Crippen molar-refractivity contribution in [1.29, 1.82) is 0 Å². The van der Waals surface area contributed by atoms with Gasteiger partial charge >= 0.3 is 0 Å². The Morgan fingerprint density at radius 3 is 3.12 bits per heavy atom. The average Bonchev–Trinajstić information content (AvgIpc) is 2.58. The first kappa shape index (κ1) is 11.4. The van der Waals surface area contributed by atoms with Crippen LogP contribution in [0.1, 0.15) is 12.0 Å². The second-order valence-corrected chi connectivity index (χ2v) is 4.19. The SMILES string of the molecule is COCc1cccc(N2CCCNCC2)c1. The van der Waals surface area contributed by atoms with Gasteiger partial charge in [-0.2, -0.15) is 0 Å². The van der Waals surface area contributed by atoms with Gasteiger partial charge in [0.1, 0.15) is 0 Å². The van der Waals surface area contributed by atoms with Crippen molar-refractivity contribution < 1.29 is 4.74 Å². The van der Waals surface area contributed by atoms with Crippen molar-refractivity contribution in [3.8, 4) is 0 Å². The number of benzene rings is 1. The molecule has 0 bridgehead atoms. The summed E-state index contributed by atoms with van der Waals surface area (Å²) in [5.74, 6) is 0. The molecule has 3 nitrogen and oxygen atoms in total. The van der Waals surface area contributed by atoms with Gasteiger partial charge < -0.3 is 15.0 Å². The fourth-order valence-electron chi connectivity index (χ4n) is 2.11. The van der Waals surface area contributed by atoms with Gasteiger partial charge in [-0.25, -0.2) is 0 Å². The van der Waals surface area contributed by atoms with E-state index in [9.17, 15) is 0 Å². The molecule has 1 aliphatic rings. The maximum absolute atomic E-state index is 5.16. The van der Waals surface area contributed by atoms with Gasteiger partial charge in [-0.05, 0) is 30.7 Å². The third-order valence-corrected chi connectivity index (χ3v) is 2.93. The molecule has 1 saturated heterocycles. The molecule has 1 N–H and O–H groups in total. The molecule has 0 saturated carbocycles. The summed E-state index contributed by atoms with van der Waals surface area (Å²) in [5, 5.41) is 3.42. The van der Waals surface area contributed by atoms with E-state index in [4.69, 9.17) is 4.74 Å². The summed E-state index contributed by atoms with van der Waals surface area (Å²) in [5.41, 5.74) is 2.57. The predicted octanol–water partition coefficient (Wildman–Crippen LogP) is 1.63. The van der Waals surface area contributed by atoms with Crippen molar-refractivity contribution in [2.45, 2.75) is 13.0 Å². The topological polar surface area (TPSA) is 24.5 Å². The van der Waals surface area contributed by atoms with Gasteiger partial charge in [-0.1, -0.05) is 12.1 Å². The molecule has 1 aromatic carbocycles. The van der Waals surface area contributed by atoms with Crippen LogP contribution in [-0.2, 0) is 11.3 Å². The number of hydrogen-bond acceptors (Lipinski definition) is 3. The van der Waals surface area contributed by atoms with Gasteiger partial charge in [0, 0.05) is 32.4 Å². The zero-order chi connectivity index (χ0) is 11.2. The van der Waals surface area contributed by atoms with Gasteiger partial charge in [-0.15, -0.1) is 0 Å². The number of hydrogen-bond donors (Lipinski definition) is 1. The van der Waals surface area contributed by atoms with Gasteiger partial charge in [-0.3, -0.25) is 0 Å². The Balaban J connectivity index is 2.08. The van der Waals surface area contributed by atoms with Crippen LogP contribution < -0.4 is 10.2 Å². The molecule has 3 heteroatoms. The summed E-state index contributed by atoms with van der Waals surface area (Å²) in [6, 6.07) is 8.64. The van der Waals surface area contributed by atoms with Crippen molar-refractivity contribution in [1.82, 2.24) is 5.32 Å². The normalized spacial score (nSPS) is 17.2. The number of methoxy groups -OCH3 is 1. The van der Waals surface area contributed by atoms with Crippen LogP contribution in [0.2, 0.25) is 0 Å². The molecule has 0 amide bonds. The lowest BCUT2D eigenvalue weighted by atomic mass is 10.2. The second-order valence-electron chi connectivity index (χ2n) is 4.19. The summed E-state index contributed by atoms with van der Waals surface area (Å²) in [6.45, 7) is 5.14. The van der Waals surface area contributed by atoms with Gasteiger partial charge in [0.2, 0.25) is 0 Å².